The van der Waals surface area contributed by atoms with E-state index >= 15 is 0 Å². The number of nitrogens with zero attached hydrogens (tertiary/aromatic N) is 1. The Kier molecular flexibility index (Phi) is 9.69. The first kappa shape index (κ1) is 29.4. The van der Waals surface area contributed by atoms with Crippen LogP contribution < -0.4 is 21.3 Å². The van der Waals surface area contributed by atoms with Gasteiger partial charge in [-0.2, -0.15) is 5.26 Å². The standard InChI is InChI=1S/C30H37F2N5O3/c1-34-25(17-21-7-4-6-20-5-2-3-8-24(20)21)28(39)37-26(15-19-9-12-30(31,32)13-10-19)29(40)36-23(18-33)16-22-11-14-35-27(22)38/h2-8,19,22-23,25-26,34H,9-17H2,1H3,(H,35,38)(H,36,40)(H,37,39). The van der Waals surface area contributed by atoms with Crippen LogP contribution in [0.15, 0.2) is 42.5 Å². The molecule has 1 saturated carbocycles. The Balaban J connectivity index is 1.47. The Morgan fingerprint density at radius 3 is 2.40 bits per heavy atom. The molecule has 10 heteroatoms. The monoisotopic (exact) mass is 553 g/mol. The minimum atomic E-state index is -2.71. The number of halogens is 2. The molecule has 2 aliphatic rings. The highest BCUT2D eigenvalue weighted by molar-refractivity contribution is 5.91. The van der Waals surface area contributed by atoms with Gasteiger partial charge in [0.25, 0.3) is 0 Å². The summed E-state index contributed by atoms with van der Waals surface area (Å²) in [6.45, 7) is 0.530. The first-order valence-electron chi connectivity index (χ1n) is 14.0. The number of hydrogen-bond acceptors (Lipinski definition) is 5. The number of fused-ring (bicyclic) bond motifs is 1. The zero-order valence-electron chi connectivity index (χ0n) is 22.7. The van der Waals surface area contributed by atoms with Crippen LogP contribution in [0.2, 0.25) is 0 Å². The molecule has 1 heterocycles. The summed E-state index contributed by atoms with van der Waals surface area (Å²) in [5.41, 5.74) is 0.975. The van der Waals surface area contributed by atoms with E-state index in [0.717, 1.165) is 16.3 Å². The van der Waals surface area contributed by atoms with Gasteiger partial charge in [-0.1, -0.05) is 42.5 Å². The molecule has 0 spiro atoms. The molecule has 2 aromatic rings. The van der Waals surface area contributed by atoms with Gasteiger partial charge in [0.05, 0.1) is 12.1 Å². The fourth-order valence-electron chi connectivity index (χ4n) is 5.76. The molecule has 4 unspecified atom stereocenters. The van der Waals surface area contributed by atoms with Crippen molar-refractivity contribution in [2.45, 2.75) is 75.4 Å². The highest BCUT2D eigenvalue weighted by Gasteiger charge is 2.38. The van der Waals surface area contributed by atoms with E-state index in [2.05, 4.69) is 27.3 Å². The van der Waals surface area contributed by atoms with Gasteiger partial charge in [-0.3, -0.25) is 14.4 Å². The lowest BCUT2D eigenvalue weighted by atomic mass is 9.82. The van der Waals surface area contributed by atoms with Crippen LogP contribution in [0, 0.1) is 23.2 Å². The second-order valence-electron chi connectivity index (χ2n) is 11.0. The van der Waals surface area contributed by atoms with Gasteiger partial charge in [0.1, 0.15) is 12.1 Å². The van der Waals surface area contributed by atoms with Crippen LogP contribution in [0.1, 0.15) is 50.5 Å². The molecule has 8 nitrogen and oxygen atoms in total. The number of likely N-dealkylation sites (N-methyl/N-ethyl adjacent to an activating group) is 1. The fraction of sp³-hybridized carbons (Fsp3) is 0.533. The number of carbonyl (C=O) groups excluding carboxylic acids is 3. The van der Waals surface area contributed by atoms with Crippen molar-refractivity contribution in [3.8, 4) is 6.07 Å². The maximum Gasteiger partial charge on any atom is 0.248 e. The van der Waals surface area contributed by atoms with E-state index in [-0.39, 0.29) is 62.2 Å². The van der Waals surface area contributed by atoms with Crippen LogP contribution in [0.25, 0.3) is 10.8 Å². The summed E-state index contributed by atoms with van der Waals surface area (Å²) in [5, 5.41) is 23.1. The van der Waals surface area contributed by atoms with Crippen molar-refractivity contribution in [1.29, 1.82) is 5.26 Å². The summed E-state index contributed by atoms with van der Waals surface area (Å²) in [7, 11) is 1.67. The highest BCUT2D eigenvalue weighted by Crippen LogP contribution is 2.38. The van der Waals surface area contributed by atoms with Gasteiger partial charge in [-0.15, -0.1) is 0 Å². The highest BCUT2D eigenvalue weighted by atomic mass is 19.3. The van der Waals surface area contributed by atoms with E-state index < -0.39 is 30.0 Å². The number of rotatable bonds is 11. The molecule has 4 atom stereocenters. The molecular formula is C30H37F2N5O3. The average Bonchev–Trinajstić information content (AvgIpc) is 3.35. The number of nitrogens with one attached hydrogen (secondary N) is 4. The molecule has 214 valence electrons. The van der Waals surface area contributed by atoms with Crippen molar-refractivity contribution in [2.75, 3.05) is 13.6 Å². The first-order valence-corrected chi connectivity index (χ1v) is 14.0. The van der Waals surface area contributed by atoms with Gasteiger partial charge in [-0.25, -0.2) is 8.78 Å². The number of hydrogen-bond donors (Lipinski definition) is 4. The molecule has 0 radical (unpaired) electrons. The Morgan fingerprint density at radius 1 is 1.02 bits per heavy atom. The minimum Gasteiger partial charge on any atom is -0.356 e. The van der Waals surface area contributed by atoms with Gasteiger partial charge in [0.15, 0.2) is 0 Å². The fourth-order valence-corrected chi connectivity index (χ4v) is 5.76. The number of alkyl halides is 2. The van der Waals surface area contributed by atoms with E-state index in [0.29, 0.717) is 19.4 Å². The van der Waals surface area contributed by atoms with E-state index in [9.17, 15) is 28.4 Å². The maximum atomic E-state index is 13.8. The summed E-state index contributed by atoms with van der Waals surface area (Å²) >= 11 is 0. The summed E-state index contributed by atoms with van der Waals surface area (Å²) < 4.78 is 27.5. The molecule has 1 aliphatic carbocycles. The second-order valence-corrected chi connectivity index (χ2v) is 11.0. The van der Waals surface area contributed by atoms with Gasteiger partial charge in [0, 0.05) is 25.3 Å². The van der Waals surface area contributed by atoms with Gasteiger partial charge >= 0.3 is 0 Å². The molecule has 0 aromatic heterocycles. The zero-order valence-corrected chi connectivity index (χ0v) is 22.7. The quantitative estimate of drug-likeness (QED) is 0.340. The lowest BCUT2D eigenvalue weighted by Crippen LogP contribution is -2.55. The van der Waals surface area contributed by atoms with Crippen LogP contribution in [0.5, 0.6) is 0 Å². The molecule has 0 bridgehead atoms. The Morgan fingerprint density at radius 2 is 1.73 bits per heavy atom. The Bertz CT molecular complexity index is 1250. The van der Waals surface area contributed by atoms with Gasteiger partial charge in [-0.05, 0) is 67.8 Å². The lowest BCUT2D eigenvalue weighted by molar-refractivity contribution is -0.131. The van der Waals surface area contributed by atoms with E-state index in [1.807, 2.05) is 42.5 Å². The summed E-state index contributed by atoms with van der Waals surface area (Å²) in [4.78, 5) is 38.8. The van der Waals surface area contributed by atoms with Gasteiger partial charge < -0.3 is 21.3 Å². The van der Waals surface area contributed by atoms with E-state index in [4.69, 9.17) is 0 Å². The largest absolute Gasteiger partial charge is 0.356 e. The van der Waals surface area contributed by atoms with Crippen LogP contribution >= 0.6 is 0 Å². The molecule has 4 rings (SSSR count). The summed E-state index contributed by atoms with van der Waals surface area (Å²) in [5.74, 6) is -4.32. The number of amides is 3. The summed E-state index contributed by atoms with van der Waals surface area (Å²) in [6.07, 6.45) is 1.33. The number of carbonyl (C=O) groups is 3. The molecular weight excluding hydrogens is 516 g/mol. The van der Waals surface area contributed by atoms with Crippen molar-refractivity contribution in [3.05, 3.63) is 48.0 Å². The summed E-state index contributed by atoms with van der Waals surface area (Å²) in [6, 6.07) is 13.3. The normalized spacial score (nSPS) is 21.1. The predicted octanol–water partition coefficient (Wildman–Crippen LogP) is 3.21. The van der Waals surface area contributed by atoms with Crippen LogP contribution in [0.4, 0.5) is 8.78 Å². The SMILES string of the molecule is CNC(Cc1cccc2ccccc12)C(=O)NC(CC1CCC(F)(F)CC1)C(=O)NC(C#N)CC1CCNC1=O. The third-order valence-corrected chi connectivity index (χ3v) is 8.16. The van der Waals surface area contributed by atoms with E-state index in [1.54, 1.807) is 7.05 Å². The lowest BCUT2D eigenvalue weighted by Gasteiger charge is -2.31. The van der Waals surface area contributed by atoms with Crippen molar-refractivity contribution in [1.82, 2.24) is 21.3 Å². The van der Waals surface area contributed by atoms with Crippen LogP contribution in [-0.4, -0.2) is 55.4 Å². The minimum absolute atomic E-state index is 0.146. The maximum absolute atomic E-state index is 13.8. The zero-order chi connectivity index (χ0) is 28.7. The average molecular weight is 554 g/mol. The predicted molar refractivity (Wildman–Crippen MR) is 147 cm³/mol. The number of nitriles is 1. The van der Waals surface area contributed by atoms with Gasteiger partial charge in [0.2, 0.25) is 23.6 Å². The van der Waals surface area contributed by atoms with Crippen molar-refractivity contribution in [2.24, 2.45) is 11.8 Å². The Hall–Kier alpha value is -3.58. The number of benzene rings is 2. The molecule has 1 saturated heterocycles. The molecule has 2 aromatic carbocycles. The Labute approximate surface area is 233 Å². The van der Waals surface area contributed by atoms with E-state index in [1.165, 1.54) is 0 Å². The molecule has 1 aliphatic heterocycles. The van der Waals surface area contributed by atoms with Crippen molar-refractivity contribution >= 4 is 28.5 Å². The van der Waals surface area contributed by atoms with Crippen molar-refractivity contribution < 1.29 is 23.2 Å². The first-order chi connectivity index (χ1) is 19.2. The molecule has 3 amide bonds. The second kappa shape index (κ2) is 13.2. The molecule has 40 heavy (non-hydrogen) atoms. The smallest absolute Gasteiger partial charge is 0.248 e. The third kappa shape index (κ3) is 7.54. The molecule has 2 fully saturated rings. The van der Waals surface area contributed by atoms with Crippen LogP contribution in [-0.2, 0) is 20.8 Å². The topological polar surface area (TPSA) is 123 Å². The third-order valence-electron chi connectivity index (χ3n) is 8.16. The van der Waals surface area contributed by atoms with Crippen LogP contribution in [0.3, 0.4) is 0 Å². The van der Waals surface area contributed by atoms with Crippen molar-refractivity contribution in [3.63, 3.8) is 0 Å². The molecule has 4 N–H and O–H groups in total.